The van der Waals surface area contributed by atoms with Crippen molar-refractivity contribution in [3.63, 3.8) is 0 Å². The molecule has 3 rings (SSSR count). The van der Waals surface area contributed by atoms with E-state index in [-0.39, 0.29) is 12.5 Å². The van der Waals surface area contributed by atoms with Crippen molar-refractivity contribution in [1.82, 2.24) is 0 Å². The van der Waals surface area contributed by atoms with Gasteiger partial charge in [-0.25, -0.2) is 0 Å². The van der Waals surface area contributed by atoms with Gasteiger partial charge in [0, 0.05) is 17.2 Å². The summed E-state index contributed by atoms with van der Waals surface area (Å²) in [6, 6.07) is 17.5. The molecule has 0 atom stereocenters. The van der Waals surface area contributed by atoms with Crippen molar-refractivity contribution in [2.75, 3.05) is 26.6 Å². The van der Waals surface area contributed by atoms with E-state index in [1.165, 1.54) is 7.11 Å². The number of nitrogens with one attached hydrogen (secondary N) is 1. The predicted octanol–water partition coefficient (Wildman–Crippen LogP) is 5.20. The minimum absolute atomic E-state index is 0.194. The average molecular weight is 428 g/mol. The van der Waals surface area contributed by atoms with Gasteiger partial charge in [0.1, 0.15) is 29.6 Å². The maximum atomic E-state index is 12.8. The topological polar surface area (TPSA) is 66.0 Å². The van der Waals surface area contributed by atoms with Crippen LogP contribution in [0.2, 0.25) is 5.02 Å². The molecule has 3 aromatic carbocycles. The highest BCUT2D eigenvalue weighted by atomic mass is 35.5. The summed E-state index contributed by atoms with van der Waals surface area (Å²) in [7, 11) is 4.66. The average Bonchev–Trinajstić information content (AvgIpc) is 2.78. The van der Waals surface area contributed by atoms with Crippen molar-refractivity contribution in [2.24, 2.45) is 0 Å². The molecule has 0 aliphatic rings. The molecule has 7 heteroatoms. The lowest BCUT2D eigenvalue weighted by Gasteiger charge is -2.14. The summed E-state index contributed by atoms with van der Waals surface area (Å²) < 4.78 is 21.7. The van der Waals surface area contributed by atoms with Crippen LogP contribution in [0.3, 0.4) is 0 Å². The van der Waals surface area contributed by atoms with Crippen LogP contribution in [0.5, 0.6) is 23.0 Å². The van der Waals surface area contributed by atoms with Crippen LogP contribution in [0.1, 0.15) is 15.9 Å². The molecular weight excluding hydrogens is 406 g/mol. The van der Waals surface area contributed by atoms with E-state index >= 15 is 0 Å². The number of carbonyl (C=O) groups excluding carboxylic acids is 1. The number of carbonyl (C=O) groups is 1. The third kappa shape index (κ3) is 4.96. The second-order valence-corrected chi connectivity index (χ2v) is 6.67. The lowest BCUT2D eigenvalue weighted by atomic mass is 10.1. The summed E-state index contributed by atoms with van der Waals surface area (Å²) in [6.07, 6.45) is 0. The standard InChI is InChI=1S/C23H22ClNO5/c1-27-17-9-10-19(22(13-17)29-3)25-23(26)15-8-11-20(28-2)16(12-15)14-30-21-7-5-4-6-18(21)24/h4-13H,14H2,1-3H3,(H,25,26). The van der Waals surface area contributed by atoms with Gasteiger partial charge >= 0.3 is 0 Å². The predicted molar refractivity (Wildman–Crippen MR) is 116 cm³/mol. The van der Waals surface area contributed by atoms with Gasteiger partial charge in [0.25, 0.3) is 5.91 Å². The lowest BCUT2D eigenvalue weighted by molar-refractivity contribution is 0.102. The highest BCUT2D eigenvalue weighted by Gasteiger charge is 2.14. The van der Waals surface area contributed by atoms with Crippen LogP contribution < -0.4 is 24.3 Å². The van der Waals surface area contributed by atoms with Gasteiger partial charge in [0.15, 0.2) is 0 Å². The summed E-state index contributed by atoms with van der Waals surface area (Å²) in [5.74, 6) is 2.01. The molecule has 0 bridgehead atoms. The fourth-order valence-corrected chi connectivity index (χ4v) is 3.04. The molecular formula is C23H22ClNO5. The minimum Gasteiger partial charge on any atom is -0.497 e. The van der Waals surface area contributed by atoms with Crippen molar-refractivity contribution >= 4 is 23.2 Å². The monoisotopic (exact) mass is 427 g/mol. The Hall–Kier alpha value is -3.38. The maximum Gasteiger partial charge on any atom is 0.255 e. The number of para-hydroxylation sites is 1. The van der Waals surface area contributed by atoms with E-state index in [1.807, 2.05) is 12.1 Å². The van der Waals surface area contributed by atoms with Gasteiger partial charge in [-0.1, -0.05) is 23.7 Å². The number of halogens is 1. The van der Waals surface area contributed by atoms with Crippen LogP contribution in [-0.4, -0.2) is 27.2 Å². The van der Waals surface area contributed by atoms with E-state index in [4.69, 9.17) is 30.5 Å². The molecule has 0 saturated carbocycles. The fourth-order valence-electron chi connectivity index (χ4n) is 2.85. The molecule has 0 aliphatic carbocycles. The number of ether oxygens (including phenoxy) is 4. The first kappa shape index (κ1) is 21.3. The smallest absolute Gasteiger partial charge is 0.255 e. The molecule has 0 aromatic heterocycles. The fraction of sp³-hybridized carbons (Fsp3) is 0.174. The summed E-state index contributed by atoms with van der Waals surface area (Å²) in [5, 5.41) is 3.37. The molecule has 0 heterocycles. The van der Waals surface area contributed by atoms with E-state index in [9.17, 15) is 4.79 Å². The van der Waals surface area contributed by atoms with Gasteiger partial charge in [-0.05, 0) is 42.5 Å². The van der Waals surface area contributed by atoms with E-state index < -0.39 is 0 Å². The van der Waals surface area contributed by atoms with Crippen LogP contribution in [0.4, 0.5) is 5.69 Å². The second kappa shape index (κ2) is 9.89. The van der Waals surface area contributed by atoms with Gasteiger partial charge in [0.05, 0.1) is 32.0 Å². The second-order valence-electron chi connectivity index (χ2n) is 6.27. The zero-order valence-electron chi connectivity index (χ0n) is 16.9. The van der Waals surface area contributed by atoms with E-state index in [0.717, 1.165) is 0 Å². The molecule has 6 nitrogen and oxygen atoms in total. The van der Waals surface area contributed by atoms with Gasteiger partial charge in [-0.15, -0.1) is 0 Å². The Bertz CT molecular complexity index is 1040. The van der Waals surface area contributed by atoms with Crippen molar-refractivity contribution in [3.05, 3.63) is 76.8 Å². The Morgan fingerprint density at radius 1 is 0.867 bits per heavy atom. The van der Waals surface area contributed by atoms with E-state index in [1.54, 1.807) is 62.8 Å². The normalized spacial score (nSPS) is 10.3. The summed E-state index contributed by atoms with van der Waals surface area (Å²) in [4.78, 5) is 12.8. The molecule has 0 fully saturated rings. The number of amides is 1. The molecule has 1 N–H and O–H groups in total. The van der Waals surface area contributed by atoms with E-state index in [0.29, 0.717) is 44.8 Å². The highest BCUT2D eigenvalue weighted by molar-refractivity contribution is 6.32. The van der Waals surface area contributed by atoms with Gasteiger partial charge in [-0.2, -0.15) is 0 Å². The number of benzene rings is 3. The molecule has 0 radical (unpaired) electrons. The molecule has 0 unspecified atom stereocenters. The summed E-state index contributed by atoms with van der Waals surface area (Å²) in [6.45, 7) is 0.194. The van der Waals surface area contributed by atoms with Gasteiger partial charge < -0.3 is 24.3 Å². The molecule has 0 spiro atoms. The Morgan fingerprint density at radius 2 is 1.63 bits per heavy atom. The van der Waals surface area contributed by atoms with Crippen molar-refractivity contribution in [2.45, 2.75) is 6.61 Å². The van der Waals surface area contributed by atoms with Crippen LogP contribution >= 0.6 is 11.6 Å². The van der Waals surface area contributed by atoms with Crippen molar-refractivity contribution in [3.8, 4) is 23.0 Å². The first-order valence-corrected chi connectivity index (χ1v) is 9.51. The highest BCUT2D eigenvalue weighted by Crippen LogP contribution is 2.30. The zero-order valence-corrected chi connectivity index (χ0v) is 17.7. The quantitative estimate of drug-likeness (QED) is 0.535. The molecule has 30 heavy (non-hydrogen) atoms. The van der Waals surface area contributed by atoms with Crippen LogP contribution in [-0.2, 0) is 6.61 Å². The van der Waals surface area contributed by atoms with E-state index in [2.05, 4.69) is 5.32 Å². The third-order valence-corrected chi connectivity index (χ3v) is 4.73. The molecule has 1 amide bonds. The molecule has 3 aromatic rings. The number of hydrogen-bond donors (Lipinski definition) is 1. The van der Waals surface area contributed by atoms with Crippen molar-refractivity contribution in [1.29, 1.82) is 0 Å². The van der Waals surface area contributed by atoms with Crippen LogP contribution in [0.15, 0.2) is 60.7 Å². The summed E-state index contributed by atoms with van der Waals surface area (Å²) in [5.41, 5.74) is 1.70. The first-order valence-electron chi connectivity index (χ1n) is 9.13. The zero-order chi connectivity index (χ0) is 21.5. The molecule has 156 valence electrons. The SMILES string of the molecule is COc1ccc(NC(=O)c2ccc(OC)c(COc3ccccc3Cl)c2)c(OC)c1. The summed E-state index contributed by atoms with van der Waals surface area (Å²) >= 11 is 6.15. The minimum atomic E-state index is -0.292. The number of anilines is 1. The Morgan fingerprint density at radius 3 is 2.33 bits per heavy atom. The third-order valence-electron chi connectivity index (χ3n) is 4.42. The largest absolute Gasteiger partial charge is 0.497 e. The lowest BCUT2D eigenvalue weighted by Crippen LogP contribution is -2.13. The number of rotatable bonds is 8. The molecule has 0 saturated heterocycles. The van der Waals surface area contributed by atoms with Gasteiger partial charge in [-0.3, -0.25) is 4.79 Å². The maximum absolute atomic E-state index is 12.8. The number of methoxy groups -OCH3 is 3. The van der Waals surface area contributed by atoms with Gasteiger partial charge in [0.2, 0.25) is 0 Å². The number of hydrogen-bond acceptors (Lipinski definition) is 5. The van der Waals surface area contributed by atoms with Crippen LogP contribution in [0.25, 0.3) is 0 Å². The Kier molecular flexibility index (Phi) is 7.03. The van der Waals surface area contributed by atoms with Crippen molar-refractivity contribution < 1.29 is 23.7 Å². The van der Waals surface area contributed by atoms with Crippen LogP contribution in [0, 0.1) is 0 Å². The Balaban J connectivity index is 1.80. The Labute approximate surface area is 180 Å². The molecule has 0 aliphatic heterocycles. The first-order chi connectivity index (χ1) is 14.5.